The van der Waals surface area contributed by atoms with E-state index in [4.69, 9.17) is 21.1 Å². The monoisotopic (exact) mass is 537 g/mol. The van der Waals surface area contributed by atoms with Crippen LogP contribution in [0.1, 0.15) is 35.4 Å². The highest BCUT2D eigenvalue weighted by Crippen LogP contribution is 2.58. The van der Waals surface area contributed by atoms with E-state index < -0.39 is 17.5 Å². The maximum atomic E-state index is 13.6. The maximum Gasteiger partial charge on any atom is 0.256 e. The van der Waals surface area contributed by atoms with Gasteiger partial charge in [0.1, 0.15) is 12.4 Å². The Hall–Kier alpha value is -3.69. The van der Waals surface area contributed by atoms with Gasteiger partial charge < -0.3 is 14.8 Å². The molecule has 3 aliphatic heterocycles. The second kappa shape index (κ2) is 9.25. The first kappa shape index (κ1) is 24.6. The van der Waals surface area contributed by atoms with Gasteiger partial charge in [-0.1, -0.05) is 41.9 Å². The van der Waals surface area contributed by atoms with E-state index in [1.54, 1.807) is 48.5 Å². The summed E-state index contributed by atoms with van der Waals surface area (Å²) in [6.45, 7) is 0.636. The number of nitrogens with zero attached hydrogens (tertiary/aromatic N) is 2. The molecule has 6 rings (SSSR count). The van der Waals surface area contributed by atoms with Gasteiger partial charge in [-0.05, 0) is 54.3 Å². The first-order valence-corrected chi connectivity index (χ1v) is 12.8. The predicted octanol–water partition coefficient (Wildman–Crippen LogP) is 5.12. The molecular formula is C28H25ClFN3O5. The largest absolute Gasteiger partial charge is 0.493 e. The number of nitrogens with one attached hydrogen (secondary N) is 1. The number of hydrogen-bond acceptors (Lipinski definition) is 6. The van der Waals surface area contributed by atoms with Crippen LogP contribution < -0.4 is 14.8 Å². The van der Waals surface area contributed by atoms with Crippen LogP contribution in [0.4, 0.5) is 10.1 Å². The molecule has 0 unspecified atom stereocenters. The fraction of sp³-hybridized carbons (Fsp3) is 0.321. The number of carbonyl (C=O) groups is 1. The second-order valence-electron chi connectivity index (χ2n) is 9.88. The van der Waals surface area contributed by atoms with Crippen molar-refractivity contribution in [3.05, 3.63) is 98.3 Å². The molecule has 10 heteroatoms. The topological polar surface area (TPSA) is 93.9 Å². The molecule has 1 spiro atoms. The lowest BCUT2D eigenvalue weighted by Gasteiger charge is -2.32. The number of fused-ring (bicyclic) bond motifs is 4. The number of halogens is 2. The van der Waals surface area contributed by atoms with Crippen LogP contribution in [-0.4, -0.2) is 41.5 Å². The minimum atomic E-state index is -1.42. The zero-order valence-corrected chi connectivity index (χ0v) is 21.3. The Bertz CT molecular complexity index is 1450. The third-order valence-electron chi connectivity index (χ3n) is 8.00. The highest BCUT2D eigenvalue weighted by molar-refractivity contribution is 6.32. The summed E-state index contributed by atoms with van der Waals surface area (Å²) in [5, 5.41) is 15.9. The van der Waals surface area contributed by atoms with Crippen LogP contribution in [0.15, 0.2) is 60.7 Å². The van der Waals surface area contributed by atoms with E-state index in [-0.39, 0.29) is 40.1 Å². The number of nitro groups is 1. The van der Waals surface area contributed by atoms with Crippen LogP contribution in [-0.2, 0) is 16.9 Å². The SMILES string of the molecule is COc1cc([C@H]2[C@H]([N+](=O)[O-])[C@]3(C(=O)Nc4ccccc43)N3CCC[C@@H]23)cc(Cl)c1OCc1cccc(F)c1. The quantitative estimate of drug-likeness (QED) is 0.346. The number of ether oxygens (including phenoxy) is 2. The van der Waals surface area contributed by atoms with Crippen molar-refractivity contribution in [1.29, 1.82) is 0 Å². The fourth-order valence-electron chi connectivity index (χ4n) is 6.63. The number of benzene rings is 3. The van der Waals surface area contributed by atoms with E-state index >= 15 is 0 Å². The zero-order valence-electron chi connectivity index (χ0n) is 20.5. The van der Waals surface area contributed by atoms with Crippen molar-refractivity contribution in [2.24, 2.45) is 0 Å². The summed E-state index contributed by atoms with van der Waals surface area (Å²) in [4.78, 5) is 28.1. The van der Waals surface area contributed by atoms with Crippen molar-refractivity contribution in [3.63, 3.8) is 0 Å². The lowest BCUT2D eigenvalue weighted by Crippen LogP contribution is -2.55. The lowest BCUT2D eigenvalue weighted by atomic mass is 9.77. The van der Waals surface area contributed by atoms with Crippen molar-refractivity contribution in [3.8, 4) is 11.5 Å². The Balaban J connectivity index is 1.43. The zero-order chi connectivity index (χ0) is 26.6. The van der Waals surface area contributed by atoms with Gasteiger partial charge in [-0.2, -0.15) is 0 Å². The van der Waals surface area contributed by atoms with E-state index in [9.17, 15) is 19.3 Å². The molecule has 196 valence electrons. The molecule has 1 N–H and O–H groups in total. The highest BCUT2D eigenvalue weighted by Gasteiger charge is 2.73. The van der Waals surface area contributed by atoms with Gasteiger partial charge in [-0.15, -0.1) is 0 Å². The van der Waals surface area contributed by atoms with Gasteiger partial charge in [0.05, 0.1) is 18.1 Å². The van der Waals surface area contributed by atoms with Gasteiger partial charge in [-0.3, -0.25) is 19.8 Å². The van der Waals surface area contributed by atoms with Crippen LogP contribution in [0.3, 0.4) is 0 Å². The van der Waals surface area contributed by atoms with Crippen LogP contribution in [0.25, 0.3) is 0 Å². The average molecular weight is 538 g/mol. The van der Waals surface area contributed by atoms with Crippen LogP contribution in [0.2, 0.25) is 5.02 Å². The number of para-hydroxylation sites is 1. The molecule has 38 heavy (non-hydrogen) atoms. The van der Waals surface area contributed by atoms with Gasteiger partial charge in [0.2, 0.25) is 0 Å². The normalized spacial score (nSPS) is 25.8. The summed E-state index contributed by atoms with van der Waals surface area (Å²) in [6, 6.07) is 15.1. The number of methoxy groups -OCH3 is 1. The second-order valence-corrected chi connectivity index (χ2v) is 10.3. The number of carbonyl (C=O) groups excluding carboxylic acids is 1. The van der Waals surface area contributed by atoms with Crippen molar-refractivity contribution >= 4 is 23.2 Å². The molecule has 1 amide bonds. The summed E-state index contributed by atoms with van der Waals surface area (Å²) in [7, 11) is 1.47. The van der Waals surface area contributed by atoms with Crippen molar-refractivity contribution in [1.82, 2.24) is 4.90 Å². The van der Waals surface area contributed by atoms with Gasteiger partial charge in [0, 0.05) is 28.8 Å². The Morgan fingerprint density at radius 2 is 2.03 bits per heavy atom. The lowest BCUT2D eigenvalue weighted by molar-refractivity contribution is -0.534. The third kappa shape index (κ3) is 3.56. The van der Waals surface area contributed by atoms with E-state index in [0.29, 0.717) is 41.1 Å². The number of hydrogen-bond donors (Lipinski definition) is 1. The predicted molar refractivity (Wildman–Crippen MR) is 139 cm³/mol. The molecule has 0 radical (unpaired) electrons. The summed E-state index contributed by atoms with van der Waals surface area (Å²) < 4.78 is 25.1. The molecule has 2 fully saturated rings. The molecule has 3 aromatic rings. The number of amides is 1. The molecule has 0 aliphatic carbocycles. The molecule has 3 heterocycles. The minimum Gasteiger partial charge on any atom is -0.493 e. The average Bonchev–Trinajstić information content (AvgIpc) is 3.56. The molecule has 3 aliphatic rings. The summed E-state index contributed by atoms with van der Waals surface area (Å²) in [6.07, 6.45) is 1.53. The Labute approximate surface area is 223 Å². The first-order chi connectivity index (χ1) is 18.4. The van der Waals surface area contributed by atoms with Gasteiger partial charge in [0.25, 0.3) is 11.9 Å². The third-order valence-corrected chi connectivity index (χ3v) is 8.28. The van der Waals surface area contributed by atoms with E-state index in [1.807, 2.05) is 4.90 Å². The molecule has 2 saturated heterocycles. The molecular weight excluding hydrogens is 513 g/mol. The summed E-state index contributed by atoms with van der Waals surface area (Å²) in [5.41, 5.74) is 1.04. The van der Waals surface area contributed by atoms with Crippen molar-refractivity contribution in [2.45, 2.75) is 43.0 Å². The summed E-state index contributed by atoms with van der Waals surface area (Å²) in [5.74, 6) is -0.789. The van der Waals surface area contributed by atoms with Crippen LogP contribution >= 0.6 is 11.6 Å². The van der Waals surface area contributed by atoms with Gasteiger partial charge in [0.15, 0.2) is 17.0 Å². The van der Waals surface area contributed by atoms with E-state index in [0.717, 1.165) is 6.42 Å². The smallest absolute Gasteiger partial charge is 0.256 e. The van der Waals surface area contributed by atoms with Gasteiger partial charge in [-0.25, -0.2) is 4.39 Å². The highest BCUT2D eigenvalue weighted by atomic mass is 35.5. The van der Waals surface area contributed by atoms with Crippen molar-refractivity contribution < 1.29 is 23.6 Å². The molecule has 4 atom stereocenters. The molecule has 0 bridgehead atoms. The Kier molecular flexibility index (Phi) is 6.00. The van der Waals surface area contributed by atoms with Crippen LogP contribution in [0.5, 0.6) is 11.5 Å². The number of rotatable bonds is 6. The van der Waals surface area contributed by atoms with Crippen LogP contribution in [0, 0.1) is 15.9 Å². The van der Waals surface area contributed by atoms with Crippen molar-refractivity contribution in [2.75, 3.05) is 19.0 Å². The summed E-state index contributed by atoms with van der Waals surface area (Å²) >= 11 is 6.68. The Morgan fingerprint density at radius 1 is 1.21 bits per heavy atom. The van der Waals surface area contributed by atoms with E-state index in [1.165, 1.54) is 19.2 Å². The number of anilines is 1. The molecule has 3 aromatic carbocycles. The first-order valence-electron chi connectivity index (χ1n) is 12.4. The fourth-order valence-corrected chi connectivity index (χ4v) is 6.90. The molecule has 0 aromatic heterocycles. The minimum absolute atomic E-state index is 0.0601. The molecule has 8 nitrogen and oxygen atoms in total. The Morgan fingerprint density at radius 3 is 2.79 bits per heavy atom. The molecule has 0 saturated carbocycles. The van der Waals surface area contributed by atoms with E-state index in [2.05, 4.69) is 5.32 Å². The maximum absolute atomic E-state index is 13.6. The standard InChI is InChI=1S/C28H25ClFN3O5/c1-37-23-14-17(13-20(29)25(23)38-15-16-6-4-7-18(30)12-16)24-22-10-5-11-32(22)28(26(24)33(35)36)19-8-2-3-9-21(19)31-27(28)34/h2-4,6-9,12-14,22,24,26H,5,10-11,15H2,1H3,(H,31,34)/t22-,24+,26-,28+/m0/s1. The van der Waals surface area contributed by atoms with Gasteiger partial charge >= 0.3 is 0 Å².